The third-order valence-corrected chi connectivity index (χ3v) is 4.47. The Morgan fingerprint density at radius 2 is 1.91 bits per heavy atom. The third-order valence-electron chi connectivity index (χ3n) is 4.47. The molecule has 3 rings (SSSR count). The molecule has 124 valence electrons. The predicted molar refractivity (Wildman–Crippen MR) is 82.7 cm³/mol. The number of ether oxygens (including phenoxy) is 2. The highest BCUT2D eigenvalue weighted by Gasteiger charge is 2.48. The first-order valence-electron chi connectivity index (χ1n) is 7.79. The lowest BCUT2D eigenvalue weighted by Crippen LogP contribution is -2.38. The Morgan fingerprint density at radius 3 is 2.57 bits per heavy atom. The van der Waals surface area contributed by atoms with E-state index in [1.165, 1.54) is 0 Å². The van der Waals surface area contributed by atoms with Crippen LogP contribution in [0.15, 0.2) is 18.2 Å². The highest BCUT2D eigenvalue weighted by molar-refractivity contribution is 5.89. The fraction of sp³-hybridized carbons (Fsp3) is 0.529. The van der Waals surface area contributed by atoms with Gasteiger partial charge in [0.05, 0.1) is 11.8 Å². The zero-order valence-corrected chi connectivity index (χ0v) is 13.3. The minimum Gasteiger partial charge on any atom is -0.486 e. The van der Waals surface area contributed by atoms with Gasteiger partial charge < -0.3 is 19.9 Å². The molecule has 1 aliphatic heterocycles. The minimum atomic E-state index is -0.892. The lowest BCUT2D eigenvalue weighted by atomic mass is 9.84. The molecule has 2 atom stereocenters. The van der Waals surface area contributed by atoms with Crippen molar-refractivity contribution in [2.45, 2.75) is 25.7 Å². The van der Waals surface area contributed by atoms with Gasteiger partial charge in [-0.1, -0.05) is 19.9 Å². The lowest BCUT2D eigenvalue weighted by Gasteiger charge is -2.28. The van der Waals surface area contributed by atoms with Crippen LogP contribution in [-0.2, 0) is 15.0 Å². The first-order valence-corrected chi connectivity index (χ1v) is 7.79. The summed E-state index contributed by atoms with van der Waals surface area (Å²) in [5.74, 6) is -0.515. The Bertz CT molecular complexity index is 640. The number of carbonyl (C=O) groups is 2. The quantitative estimate of drug-likeness (QED) is 0.860. The summed E-state index contributed by atoms with van der Waals surface area (Å²) in [6.45, 7) is 5.58. The molecule has 2 N–H and O–H groups in total. The van der Waals surface area contributed by atoms with Crippen LogP contribution in [0.25, 0.3) is 0 Å². The van der Waals surface area contributed by atoms with Crippen LogP contribution in [0, 0.1) is 11.8 Å². The van der Waals surface area contributed by atoms with Crippen molar-refractivity contribution in [3.05, 3.63) is 23.8 Å². The van der Waals surface area contributed by atoms with Gasteiger partial charge in [0, 0.05) is 12.0 Å². The largest absolute Gasteiger partial charge is 0.486 e. The van der Waals surface area contributed by atoms with Crippen molar-refractivity contribution in [1.29, 1.82) is 0 Å². The Hall–Kier alpha value is -2.24. The van der Waals surface area contributed by atoms with Gasteiger partial charge in [-0.25, -0.2) is 0 Å². The highest BCUT2D eigenvalue weighted by Crippen LogP contribution is 2.39. The molecule has 0 aromatic heterocycles. The van der Waals surface area contributed by atoms with Crippen molar-refractivity contribution in [1.82, 2.24) is 5.32 Å². The summed E-state index contributed by atoms with van der Waals surface area (Å²) in [6, 6.07) is 5.80. The van der Waals surface area contributed by atoms with E-state index in [1.807, 2.05) is 32.0 Å². The molecule has 1 aliphatic carbocycles. The standard InChI is InChI=1S/C17H21NO5/c1-17(2,9-18-15(19)11-8-12(11)16(20)21)10-3-4-13-14(7-10)23-6-5-22-13/h3-4,7,11-12H,5-6,8-9H2,1-2H3,(H,18,19)(H,20,21)/t11-,12+/m1/s1. The van der Waals surface area contributed by atoms with E-state index >= 15 is 0 Å². The van der Waals surface area contributed by atoms with Gasteiger partial charge >= 0.3 is 5.97 Å². The monoisotopic (exact) mass is 319 g/mol. The number of benzene rings is 1. The number of carboxylic acids is 1. The molecule has 1 aromatic carbocycles. The minimum absolute atomic E-state index is 0.178. The number of amides is 1. The molecule has 0 bridgehead atoms. The molecule has 6 heteroatoms. The van der Waals surface area contributed by atoms with Crippen molar-refractivity contribution >= 4 is 11.9 Å². The molecule has 6 nitrogen and oxygen atoms in total. The maximum Gasteiger partial charge on any atom is 0.307 e. The van der Waals surface area contributed by atoms with E-state index in [0.717, 1.165) is 17.1 Å². The van der Waals surface area contributed by atoms with Gasteiger partial charge in [0.2, 0.25) is 5.91 Å². The summed E-state index contributed by atoms with van der Waals surface area (Å²) >= 11 is 0. The van der Waals surface area contributed by atoms with Crippen molar-refractivity contribution in [3.63, 3.8) is 0 Å². The zero-order valence-electron chi connectivity index (χ0n) is 13.3. The fourth-order valence-electron chi connectivity index (χ4n) is 2.76. The summed E-state index contributed by atoms with van der Waals surface area (Å²) in [6.07, 6.45) is 0.436. The maximum atomic E-state index is 12.0. The number of rotatable bonds is 5. The average molecular weight is 319 g/mol. The molecule has 0 radical (unpaired) electrons. The van der Waals surface area contributed by atoms with Crippen LogP contribution in [0.4, 0.5) is 0 Å². The van der Waals surface area contributed by atoms with Crippen LogP contribution in [0.3, 0.4) is 0 Å². The first-order chi connectivity index (χ1) is 10.9. The number of aliphatic carboxylic acids is 1. The van der Waals surface area contributed by atoms with Crippen molar-refractivity contribution < 1.29 is 24.2 Å². The van der Waals surface area contributed by atoms with E-state index in [4.69, 9.17) is 14.6 Å². The van der Waals surface area contributed by atoms with Gasteiger partial charge in [-0.05, 0) is 24.1 Å². The Morgan fingerprint density at radius 1 is 1.22 bits per heavy atom. The highest BCUT2D eigenvalue weighted by atomic mass is 16.6. The molecule has 1 saturated carbocycles. The maximum absolute atomic E-state index is 12.0. The van der Waals surface area contributed by atoms with E-state index in [1.54, 1.807) is 0 Å². The molecule has 1 aromatic rings. The Labute approximate surface area is 134 Å². The number of nitrogens with one attached hydrogen (secondary N) is 1. The number of hydrogen-bond donors (Lipinski definition) is 2. The lowest BCUT2D eigenvalue weighted by molar-refractivity contribution is -0.140. The zero-order chi connectivity index (χ0) is 16.6. The molecule has 23 heavy (non-hydrogen) atoms. The van der Waals surface area contributed by atoms with E-state index < -0.39 is 11.9 Å². The van der Waals surface area contributed by atoms with E-state index in [0.29, 0.717) is 26.2 Å². The van der Waals surface area contributed by atoms with Crippen LogP contribution in [0.1, 0.15) is 25.8 Å². The second kappa shape index (κ2) is 5.76. The second-order valence-corrected chi connectivity index (χ2v) is 6.75. The van der Waals surface area contributed by atoms with Crippen LogP contribution >= 0.6 is 0 Å². The molecular formula is C17H21NO5. The number of fused-ring (bicyclic) bond motifs is 1. The Balaban J connectivity index is 1.63. The number of carboxylic acid groups (broad SMARTS) is 1. The van der Waals surface area contributed by atoms with Crippen molar-refractivity contribution in [2.24, 2.45) is 11.8 Å². The van der Waals surface area contributed by atoms with E-state index in [2.05, 4.69) is 5.32 Å². The van der Waals surface area contributed by atoms with Gasteiger partial charge in [0.25, 0.3) is 0 Å². The summed E-state index contributed by atoms with van der Waals surface area (Å²) in [5.41, 5.74) is 0.742. The molecule has 1 heterocycles. The molecule has 1 fully saturated rings. The van der Waals surface area contributed by atoms with Crippen LogP contribution in [0.2, 0.25) is 0 Å². The topological polar surface area (TPSA) is 84.9 Å². The molecule has 0 saturated heterocycles. The molecule has 0 unspecified atom stereocenters. The molecular weight excluding hydrogens is 298 g/mol. The predicted octanol–water partition coefficient (Wildman–Crippen LogP) is 1.57. The molecule has 0 spiro atoms. The molecule has 1 amide bonds. The smallest absolute Gasteiger partial charge is 0.307 e. The van der Waals surface area contributed by atoms with Crippen molar-refractivity contribution in [3.8, 4) is 11.5 Å². The van der Waals surface area contributed by atoms with Gasteiger partial charge in [0.15, 0.2) is 11.5 Å². The van der Waals surface area contributed by atoms with Crippen molar-refractivity contribution in [2.75, 3.05) is 19.8 Å². The van der Waals surface area contributed by atoms with Gasteiger partial charge in [0.1, 0.15) is 13.2 Å². The summed E-state index contributed by atoms with van der Waals surface area (Å²) in [4.78, 5) is 22.8. The SMILES string of the molecule is CC(C)(CNC(=O)[C@@H]1C[C@@H]1C(=O)O)c1ccc2c(c1)OCCO2. The van der Waals surface area contributed by atoms with Crippen LogP contribution in [-0.4, -0.2) is 36.7 Å². The fourth-order valence-corrected chi connectivity index (χ4v) is 2.76. The second-order valence-electron chi connectivity index (χ2n) is 6.75. The summed E-state index contributed by atoms with van der Waals surface area (Å²) < 4.78 is 11.1. The number of carbonyl (C=O) groups excluding carboxylic acids is 1. The van der Waals surface area contributed by atoms with Gasteiger partial charge in [-0.2, -0.15) is 0 Å². The summed E-state index contributed by atoms with van der Waals surface area (Å²) in [5, 5.41) is 11.8. The third kappa shape index (κ3) is 3.25. The van der Waals surface area contributed by atoms with E-state index in [-0.39, 0.29) is 17.2 Å². The van der Waals surface area contributed by atoms with E-state index in [9.17, 15) is 9.59 Å². The van der Waals surface area contributed by atoms with Gasteiger partial charge in [-0.3, -0.25) is 9.59 Å². The van der Waals surface area contributed by atoms with Crippen LogP contribution < -0.4 is 14.8 Å². The van der Waals surface area contributed by atoms with Crippen LogP contribution in [0.5, 0.6) is 11.5 Å². The number of hydrogen-bond acceptors (Lipinski definition) is 4. The van der Waals surface area contributed by atoms with Gasteiger partial charge in [-0.15, -0.1) is 0 Å². The molecule has 2 aliphatic rings. The normalized spacial score (nSPS) is 22.3. The average Bonchev–Trinajstić information content (AvgIpc) is 3.33. The summed E-state index contributed by atoms with van der Waals surface area (Å²) in [7, 11) is 0. The Kier molecular flexibility index (Phi) is 3.92. The first kappa shape index (κ1) is 15.6.